The summed E-state index contributed by atoms with van der Waals surface area (Å²) in [4.78, 5) is 12.4. The van der Waals surface area contributed by atoms with Crippen LogP contribution >= 0.6 is 0 Å². The summed E-state index contributed by atoms with van der Waals surface area (Å²) in [6.45, 7) is 7.72. The summed E-state index contributed by atoms with van der Waals surface area (Å²) in [6.07, 6.45) is 4.54. The van der Waals surface area contributed by atoms with Crippen LogP contribution in [0.4, 0.5) is 5.69 Å². The number of allylic oxidation sites excluding steroid dienone is 1. The molecule has 3 aromatic rings. The van der Waals surface area contributed by atoms with Crippen molar-refractivity contribution in [2.75, 3.05) is 7.05 Å². The van der Waals surface area contributed by atoms with Crippen LogP contribution in [-0.2, 0) is 10.2 Å². The minimum absolute atomic E-state index is 0.0157. The number of aromatic amines is 1. The van der Waals surface area contributed by atoms with Crippen molar-refractivity contribution >= 4 is 34.3 Å². The van der Waals surface area contributed by atoms with E-state index >= 15 is 0 Å². The second-order valence-corrected chi connectivity index (χ2v) is 7.62. The van der Waals surface area contributed by atoms with E-state index in [0.29, 0.717) is 0 Å². The zero-order valence-electron chi connectivity index (χ0n) is 17.0. The van der Waals surface area contributed by atoms with Gasteiger partial charge in [-0.25, -0.2) is 0 Å². The Hall–Kier alpha value is -3.14. The van der Waals surface area contributed by atoms with Crippen LogP contribution in [0.3, 0.4) is 0 Å². The number of hydrogen-bond donors (Lipinski definition) is 1. The van der Waals surface area contributed by atoms with Gasteiger partial charge in [0.05, 0.1) is 5.41 Å². The van der Waals surface area contributed by atoms with Gasteiger partial charge in [-0.2, -0.15) is 4.58 Å². The number of aromatic nitrogens is 1. The zero-order valence-corrected chi connectivity index (χ0v) is 17.0. The molecule has 2 heterocycles. The molecular formula is C24H26N2O2. The van der Waals surface area contributed by atoms with Crippen LogP contribution in [0.2, 0.25) is 0 Å². The summed E-state index contributed by atoms with van der Waals surface area (Å²) in [5, 5.41) is 10.2. The van der Waals surface area contributed by atoms with E-state index in [0.717, 1.165) is 6.92 Å². The fourth-order valence-electron chi connectivity index (χ4n) is 3.98. The predicted octanol–water partition coefficient (Wildman–Crippen LogP) is 3.95. The van der Waals surface area contributed by atoms with Gasteiger partial charge in [-0.1, -0.05) is 36.4 Å². The van der Waals surface area contributed by atoms with E-state index in [2.05, 4.69) is 98.1 Å². The number of aryl methyl sites for hydroxylation is 1. The van der Waals surface area contributed by atoms with Crippen molar-refractivity contribution in [2.24, 2.45) is 0 Å². The summed E-state index contributed by atoms with van der Waals surface area (Å²) in [7, 11) is 2.16. The predicted molar refractivity (Wildman–Crippen MR) is 113 cm³/mol. The van der Waals surface area contributed by atoms with Gasteiger partial charge in [0.15, 0.2) is 5.71 Å². The molecule has 144 valence electrons. The Labute approximate surface area is 165 Å². The van der Waals surface area contributed by atoms with Gasteiger partial charge in [-0.05, 0) is 39.8 Å². The summed E-state index contributed by atoms with van der Waals surface area (Å²) in [5.41, 5.74) is 7.72. The van der Waals surface area contributed by atoms with Crippen LogP contribution in [0, 0.1) is 6.92 Å². The van der Waals surface area contributed by atoms with E-state index in [1.807, 2.05) is 0 Å². The summed E-state index contributed by atoms with van der Waals surface area (Å²) in [6, 6.07) is 17.2. The SMILES string of the molecule is CC(=O)[O-].Cc1[nH]c2ccccc2c1/C=C/C1=[N+](C)c2ccccc2C1(C)C. The highest BCUT2D eigenvalue weighted by molar-refractivity contribution is 6.06. The second-order valence-electron chi connectivity index (χ2n) is 7.62. The standard InChI is InChI=1S/C22H22N2.C2H4O2/c1-15-16(17-9-5-7-11-19(17)23-15)13-14-21-22(2,3)18-10-6-8-12-20(18)24(21)4;1-2(3)4/h5-14H,1-4H3;1H3,(H,3,4). The molecule has 4 rings (SSSR count). The first-order valence-corrected chi connectivity index (χ1v) is 9.37. The summed E-state index contributed by atoms with van der Waals surface area (Å²) < 4.78 is 2.32. The molecule has 1 N–H and O–H groups in total. The largest absolute Gasteiger partial charge is 0.550 e. The molecule has 0 saturated heterocycles. The van der Waals surface area contributed by atoms with Crippen LogP contribution in [-0.4, -0.2) is 28.3 Å². The third-order valence-corrected chi connectivity index (χ3v) is 5.29. The minimum atomic E-state index is -1.08. The van der Waals surface area contributed by atoms with E-state index < -0.39 is 5.97 Å². The molecule has 0 spiro atoms. The van der Waals surface area contributed by atoms with Crippen LogP contribution in [0.1, 0.15) is 37.6 Å². The van der Waals surface area contributed by atoms with Crippen molar-refractivity contribution < 1.29 is 14.5 Å². The Morgan fingerprint density at radius 2 is 1.68 bits per heavy atom. The van der Waals surface area contributed by atoms with Crippen molar-refractivity contribution in [2.45, 2.75) is 33.1 Å². The molecule has 0 atom stereocenters. The molecule has 0 bridgehead atoms. The topological polar surface area (TPSA) is 58.9 Å². The number of rotatable bonds is 2. The highest BCUT2D eigenvalue weighted by Gasteiger charge is 2.42. The first-order chi connectivity index (χ1) is 13.2. The van der Waals surface area contributed by atoms with E-state index in [1.54, 1.807) is 0 Å². The zero-order chi connectivity index (χ0) is 20.5. The fourth-order valence-corrected chi connectivity index (χ4v) is 3.98. The average Bonchev–Trinajstić information content (AvgIpc) is 3.05. The lowest BCUT2D eigenvalue weighted by molar-refractivity contribution is -0.401. The van der Waals surface area contributed by atoms with Gasteiger partial charge in [-0.3, -0.25) is 0 Å². The molecule has 28 heavy (non-hydrogen) atoms. The molecule has 0 amide bonds. The Bertz CT molecular complexity index is 1100. The number of H-pyrrole nitrogens is 1. The number of nitrogens with zero attached hydrogens (tertiary/aromatic N) is 1. The van der Waals surface area contributed by atoms with Gasteiger partial charge in [0.1, 0.15) is 7.05 Å². The fraction of sp³-hybridized carbons (Fsp3) is 0.250. The molecule has 0 saturated carbocycles. The van der Waals surface area contributed by atoms with Crippen molar-refractivity contribution in [1.29, 1.82) is 0 Å². The molecule has 1 aliphatic heterocycles. The Morgan fingerprint density at radius 1 is 1.07 bits per heavy atom. The molecule has 0 fully saturated rings. The minimum Gasteiger partial charge on any atom is -0.550 e. The third-order valence-electron chi connectivity index (χ3n) is 5.29. The van der Waals surface area contributed by atoms with Gasteiger partial charge in [-0.15, -0.1) is 0 Å². The van der Waals surface area contributed by atoms with Crippen molar-refractivity contribution in [3.05, 3.63) is 71.4 Å². The first-order valence-electron chi connectivity index (χ1n) is 9.37. The monoisotopic (exact) mass is 374 g/mol. The lowest BCUT2D eigenvalue weighted by Crippen LogP contribution is -2.26. The smallest absolute Gasteiger partial charge is 0.209 e. The number of carboxylic acids is 1. The first kappa shape index (κ1) is 19.6. The molecule has 4 heteroatoms. The molecule has 0 unspecified atom stereocenters. The normalized spacial score (nSPS) is 14.9. The molecule has 0 radical (unpaired) electrons. The average molecular weight is 374 g/mol. The van der Waals surface area contributed by atoms with Crippen LogP contribution in [0.25, 0.3) is 17.0 Å². The maximum Gasteiger partial charge on any atom is 0.209 e. The van der Waals surface area contributed by atoms with Gasteiger partial charge in [0.2, 0.25) is 5.69 Å². The number of carbonyl (C=O) groups is 1. The molecule has 0 aliphatic carbocycles. The number of para-hydroxylation sites is 2. The van der Waals surface area contributed by atoms with Crippen LogP contribution in [0.5, 0.6) is 0 Å². The summed E-state index contributed by atoms with van der Waals surface area (Å²) >= 11 is 0. The van der Waals surface area contributed by atoms with E-state index in [9.17, 15) is 0 Å². The Kier molecular flexibility index (Phi) is 5.23. The van der Waals surface area contributed by atoms with Crippen LogP contribution in [0.15, 0.2) is 54.6 Å². The number of carbonyl (C=O) groups excluding carboxylic acids is 1. The summed E-state index contributed by atoms with van der Waals surface area (Å²) in [5.74, 6) is -1.08. The Morgan fingerprint density at radius 3 is 2.36 bits per heavy atom. The van der Waals surface area contributed by atoms with Crippen molar-refractivity contribution in [3.8, 4) is 0 Å². The van der Waals surface area contributed by atoms with Crippen LogP contribution < -0.4 is 5.11 Å². The van der Waals surface area contributed by atoms with Gasteiger partial charge < -0.3 is 14.9 Å². The lowest BCUT2D eigenvalue weighted by atomic mass is 9.81. The highest BCUT2D eigenvalue weighted by atomic mass is 16.4. The maximum absolute atomic E-state index is 8.89. The second kappa shape index (κ2) is 7.47. The molecule has 1 aromatic heterocycles. The lowest BCUT2D eigenvalue weighted by Gasteiger charge is -2.15. The Balaban J connectivity index is 0.000000516. The van der Waals surface area contributed by atoms with E-state index in [-0.39, 0.29) is 5.41 Å². The highest BCUT2D eigenvalue weighted by Crippen LogP contribution is 2.39. The maximum atomic E-state index is 8.89. The molecule has 2 aromatic carbocycles. The number of benzene rings is 2. The van der Waals surface area contributed by atoms with Gasteiger partial charge >= 0.3 is 0 Å². The number of hydrogen-bond acceptors (Lipinski definition) is 2. The third kappa shape index (κ3) is 3.50. The molecular weight excluding hydrogens is 348 g/mol. The molecule has 1 aliphatic rings. The quantitative estimate of drug-likeness (QED) is 0.691. The van der Waals surface area contributed by atoms with E-state index in [4.69, 9.17) is 9.90 Å². The van der Waals surface area contributed by atoms with E-state index in [1.165, 1.54) is 39.1 Å². The number of carboxylic acid groups (broad SMARTS) is 1. The number of nitrogens with one attached hydrogen (secondary N) is 1. The van der Waals surface area contributed by atoms with Crippen molar-refractivity contribution in [3.63, 3.8) is 0 Å². The number of fused-ring (bicyclic) bond motifs is 2. The van der Waals surface area contributed by atoms with Gasteiger partial charge in [0.25, 0.3) is 0 Å². The molecule has 4 nitrogen and oxygen atoms in total. The van der Waals surface area contributed by atoms with Crippen molar-refractivity contribution in [1.82, 2.24) is 4.98 Å². The number of aliphatic carboxylic acids is 1. The van der Waals surface area contributed by atoms with Gasteiger partial charge in [0, 0.05) is 45.8 Å².